The van der Waals surface area contributed by atoms with Crippen molar-refractivity contribution >= 4 is 27.3 Å². The Bertz CT molecular complexity index is 2080. The smallest absolute Gasteiger partial charge is 0.164 e. The number of benzene rings is 4. The summed E-state index contributed by atoms with van der Waals surface area (Å²) < 4.78 is 0. The number of ketones is 1. The van der Waals surface area contributed by atoms with Crippen molar-refractivity contribution in [1.29, 1.82) is 0 Å². The van der Waals surface area contributed by atoms with Crippen molar-refractivity contribution < 1.29 is 30.0 Å². The molecule has 1 heterocycles. The Hall–Kier alpha value is -3.66. The maximum absolute atomic E-state index is 12.2. The van der Waals surface area contributed by atoms with Gasteiger partial charge in [0.05, 0.1) is 5.69 Å². The van der Waals surface area contributed by atoms with E-state index in [1.165, 1.54) is 49.9 Å². The molecule has 4 nitrogen and oxygen atoms in total. The third-order valence-electron chi connectivity index (χ3n) is 11.8. The largest absolute Gasteiger partial charge is 0.512 e. The summed E-state index contributed by atoms with van der Waals surface area (Å²) in [5.74, 6) is 0.286. The van der Waals surface area contributed by atoms with Gasteiger partial charge < -0.3 is 5.11 Å². The number of fused-ring (bicyclic) bond motifs is 6. The van der Waals surface area contributed by atoms with Gasteiger partial charge in [0.1, 0.15) is 12.1 Å². The van der Waals surface area contributed by atoms with Crippen LogP contribution in [0.25, 0.3) is 44.1 Å². The molecule has 6 rings (SSSR count). The van der Waals surface area contributed by atoms with E-state index in [0.717, 1.165) is 42.6 Å². The van der Waals surface area contributed by atoms with E-state index in [0.29, 0.717) is 0 Å². The molecule has 0 aliphatic heterocycles. The zero-order chi connectivity index (χ0) is 36.6. The zero-order valence-corrected chi connectivity index (χ0v) is 34.8. The van der Waals surface area contributed by atoms with E-state index in [9.17, 15) is 9.90 Å². The average Bonchev–Trinajstić information content (AvgIpc) is 3.36. The van der Waals surface area contributed by atoms with Crippen molar-refractivity contribution in [2.24, 2.45) is 10.8 Å². The first-order valence-electron chi connectivity index (χ1n) is 18.3. The molecule has 1 aromatic heterocycles. The van der Waals surface area contributed by atoms with Gasteiger partial charge in [-0.15, -0.1) is 29.1 Å². The Labute approximate surface area is 319 Å². The molecule has 0 spiro atoms. The van der Waals surface area contributed by atoms with Crippen LogP contribution in [0.1, 0.15) is 119 Å². The van der Waals surface area contributed by atoms with Gasteiger partial charge in [0, 0.05) is 48.0 Å². The standard InChI is InChI=1S/C31H27N2.C15H28O2.Ir/c1-30(2,3)21-14-16-22-20(17-21)10-8-12-24(22)28-27-29(33-18-32-28)25-15-13-19-9-6-7-11-23(19)26(25)31(27,4)5;1-7-14(5,8-2)12(16)11-13(17)15(6,9-3)10-4;/h6-11,13-18H,1-5H3;11,16H,7-10H2,1-6H3;/q-1;;/b;12-11-;. The van der Waals surface area contributed by atoms with Crippen molar-refractivity contribution in [3.63, 3.8) is 0 Å². The quantitative estimate of drug-likeness (QED) is 0.0959. The number of allylic oxidation sites excluding steroid dienone is 2. The van der Waals surface area contributed by atoms with Crippen molar-refractivity contribution in [1.82, 2.24) is 9.97 Å². The SMILES string of the molecule is CC(C)(C)c1ccc2c(-c3ncnc4c3C(C)(C)c3c-4ccc4ccccc34)[c-]ccc2c1.CCC(C)(CC)C(=O)/C=C(\O)C(C)(CC)CC.[Ir]. The van der Waals surface area contributed by atoms with E-state index in [4.69, 9.17) is 9.97 Å². The molecule has 4 aromatic carbocycles. The summed E-state index contributed by atoms with van der Waals surface area (Å²) in [7, 11) is 0. The van der Waals surface area contributed by atoms with E-state index in [-0.39, 0.29) is 53.3 Å². The number of carbonyl (C=O) groups is 1. The molecule has 0 saturated carbocycles. The molecule has 0 atom stereocenters. The molecule has 271 valence electrons. The minimum absolute atomic E-state index is 0. The molecule has 1 aliphatic carbocycles. The van der Waals surface area contributed by atoms with E-state index >= 15 is 0 Å². The first-order chi connectivity index (χ1) is 23.6. The second kappa shape index (κ2) is 15.1. The molecule has 0 unspecified atom stereocenters. The van der Waals surface area contributed by atoms with E-state index in [2.05, 4.69) is 101 Å². The maximum atomic E-state index is 12.2. The number of hydrogen-bond donors (Lipinski definition) is 1. The van der Waals surface area contributed by atoms with Crippen LogP contribution in [0, 0.1) is 16.9 Å². The van der Waals surface area contributed by atoms with Crippen LogP contribution in [0.2, 0.25) is 0 Å². The summed E-state index contributed by atoms with van der Waals surface area (Å²) in [6, 6.07) is 27.6. The molecular weight excluding hydrogens is 805 g/mol. The number of nitrogens with zero attached hydrogens (tertiary/aromatic N) is 2. The molecule has 0 amide bonds. The van der Waals surface area contributed by atoms with Gasteiger partial charge in [-0.2, -0.15) is 0 Å². The minimum atomic E-state index is -0.337. The molecule has 1 N–H and O–H groups in total. The Morgan fingerprint density at radius 1 is 0.765 bits per heavy atom. The van der Waals surface area contributed by atoms with Crippen LogP contribution >= 0.6 is 0 Å². The van der Waals surface area contributed by atoms with Crippen LogP contribution in [-0.2, 0) is 35.7 Å². The van der Waals surface area contributed by atoms with E-state index in [1.807, 2.05) is 47.6 Å². The van der Waals surface area contributed by atoms with Crippen LogP contribution in [-0.4, -0.2) is 20.9 Å². The predicted octanol–water partition coefficient (Wildman–Crippen LogP) is 12.5. The van der Waals surface area contributed by atoms with Gasteiger partial charge in [-0.1, -0.05) is 136 Å². The van der Waals surface area contributed by atoms with Gasteiger partial charge in [-0.25, -0.2) is 4.98 Å². The molecule has 1 radical (unpaired) electrons. The van der Waals surface area contributed by atoms with Gasteiger partial charge in [0.2, 0.25) is 0 Å². The van der Waals surface area contributed by atoms with Gasteiger partial charge in [0.15, 0.2) is 5.78 Å². The van der Waals surface area contributed by atoms with Gasteiger partial charge in [-0.3, -0.25) is 9.78 Å². The number of aliphatic hydroxyl groups excluding tert-OH is 1. The number of carbonyl (C=O) groups excluding carboxylic acids is 1. The molecule has 0 saturated heterocycles. The van der Waals surface area contributed by atoms with Gasteiger partial charge >= 0.3 is 0 Å². The van der Waals surface area contributed by atoms with E-state index < -0.39 is 0 Å². The molecule has 0 fully saturated rings. The first-order valence-corrected chi connectivity index (χ1v) is 18.3. The summed E-state index contributed by atoms with van der Waals surface area (Å²) in [6.07, 6.45) is 6.47. The van der Waals surface area contributed by atoms with E-state index in [1.54, 1.807) is 6.33 Å². The van der Waals surface area contributed by atoms with Crippen molar-refractivity contribution in [2.45, 2.75) is 113 Å². The maximum Gasteiger partial charge on any atom is 0.164 e. The Morgan fingerprint density at radius 2 is 1.39 bits per heavy atom. The fourth-order valence-corrected chi connectivity index (χ4v) is 7.21. The number of aliphatic hydroxyl groups is 1. The van der Waals surface area contributed by atoms with Gasteiger partial charge in [-0.05, 0) is 64.3 Å². The third-order valence-corrected chi connectivity index (χ3v) is 11.8. The second-order valence-corrected chi connectivity index (χ2v) is 16.1. The summed E-state index contributed by atoms with van der Waals surface area (Å²) >= 11 is 0. The second-order valence-electron chi connectivity index (χ2n) is 16.1. The summed E-state index contributed by atoms with van der Waals surface area (Å²) in [6.45, 7) is 23.5. The monoisotopic (exact) mass is 860 g/mol. The van der Waals surface area contributed by atoms with Crippen LogP contribution in [0.4, 0.5) is 0 Å². The molecule has 5 heteroatoms. The molecule has 1 aliphatic rings. The number of aromatic nitrogens is 2. The van der Waals surface area contributed by atoms with Crippen LogP contribution in [0.15, 0.2) is 84.9 Å². The third kappa shape index (κ3) is 7.35. The zero-order valence-electron chi connectivity index (χ0n) is 32.4. The minimum Gasteiger partial charge on any atom is -0.512 e. The molecule has 51 heavy (non-hydrogen) atoms. The summed E-state index contributed by atoms with van der Waals surface area (Å²) in [4.78, 5) is 21.8. The molecule has 5 aromatic rings. The molecular formula is C46H55IrN2O2-. The number of hydrogen-bond acceptors (Lipinski definition) is 4. The average molecular weight is 860 g/mol. The van der Waals surface area contributed by atoms with Crippen LogP contribution < -0.4 is 0 Å². The Kier molecular flexibility index (Phi) is 11.9. The summed E-state index contributed by atoms with van der Waals surface area (Å²) in [5, 5.41) is 15.1. The molecule has 0 bridgehead atoms. The van der Waals surface area contributed by atoms with Crippen LogP contribution in [0.3, 0.4) is 0 Å². The number of rotatable bonds is 8. The summed E-state index contributed by atoms with van der Waals surface area (Å²) in [5.41, 5.74) is 7.45. The topological polar surface area (TPSA) is 63.1 Å². The fourth-order valence-electron chi connectivity index (χ4n) is 7.21. The first kappa shape index (κ1) is 40.1. The van der Waals surface area contributed by atoms with Crippen molar-refractivity contribution in [2.75, 3.05) is 0 Å². The van der Waals surface area contributed by atoms with Gasteiger partial charge in [0.25, 0.3) is 0 Å². The fraction of sp³-hybridized carbons (Fsp3) is 0.413. The predicted molar refractivity (Wildman–Crippen MR) is 211 cm³/mol. The Morgan fingerprint density at radius 3 is 2.02 bits per heavy atom. The van der Waals surface area contributed by atoms with Crippen LogP contribution in [0.5, 0.6) is 0 Å². The van der Waals surface area contributed by atoms with Crippen molar-refractivity contribution in [3.8, 4) is 22.5 Å². The normalized spacial score (nSPS) is 14.0. The Balaban J connectivity index is 0.000000279. The van der Waals surface area contributed by atoms with Crippen molar-refractivity contribution in [3.05, 3.63) is 108 Å².